The fourth-order valence-electron chi connectivity index (χ4n) is 0.755. The summed E-state index contributed by atoms with van der Waals surface area (Å²) in [5, 5.41) is 13.0. The lowest BCUT2D eigenvalue weighted by molar-refractivity contribution is 0.524. The van der Waals surface area contributed by atoms with Gasteiger partial charge < -0.3 is 4.42 Å². The van der Waals surface area contributed by atoms with Gasteiger partial charge in [-0.25, -0.2) is 9.89 Å². The second-order valence-corrected chi connectivity index (χ2v) is 2.03. The SMILES string of the molecule is O=c1[nH]nc(-c2cccnn2)o1. The van der Waals surface area contributed by atoms with Gasteiger partial charge in [-0.2, -0.15) is 5.10 Å². The summed E-state index contributed by atoms with van der Waals surface area (Å²) in [5.41, 5.74) is 0.427. The second-order valence-electron chi connectivity index (χ2n) is 2.03. The van der Waals surface area contributed by atoms with Crippen LogP contribution in [0, 0.1) is 0 Å². The average Bonchev–Trinajstić information content (AvgIpc) is 2.54. The number of hydrogen-bond donors (Lipinski definition) is 1. The van der Waals surface area contributed by atoms with Crippen LogP contribution in [-0.4, -0.2) is 20.4 Å². The average molecular weight is 164 g/mol. The molecule has 2 aromatic rings. The summed E-state index contributed by atoms with van der Waals surface area (Å²) in [6.45, 7) is 0. The van der Waals surface area contributed by atoms with Crippen LogP contribution < -0.4 is 5.76 Å². The molecule has 2 rings (SSSR count). The summed E-state index contributed by atoms with van der Waals surface area (Å²) in [4.78, 5) is 10.5. The molecule has 0 atom stereocenters. The molecule has 0 amide bonds. The van der Waals surface area contributed by atoms with E-state index >= 15 is 0 Å². The summed E-state index contributed by atoms with van der Waals surface area (Å²) in [6.07, 6.45) is 1.52. The predicted molar refractivity (Wildman–Crippen MR) is 38.1 cm³/mol. The highest BCUT2D eigenvalue weighted by molar-refractivity contribution is 5.43. The van der Waals surface area contributed by atoms with Gasteiger partial charge in [0.15, 0.2) is 0 Å². The van der Waals surface area contributed by atoms with Gasteiger partial charge >= 0.3 is 5.76 Å². The molecule has 1 N–H and O–H groups in total. The minimum absolute atomic E-state index is 0.146. The van der Waals surface area contributed by atoms with E-state index in [0.717, 1.165) is 0 Å². The fourth-order valence-corrected chi connectivity index (χ4v) is 0.755. The Hall–Kier alpha value is -1.98. The monoisotopic (exact) mass is 164 g/mol. The van der Waals surface area contributed by atoms with E-state index in [2.05, 4.69) is 24.8 Å². The molecule has 0 radical (unpaired) electrons. The van der Waals surface area contributed by atoms with E-state index < -0.39 is 5.76 Å². The van der Waals surface area contributed by atoms with E-state index in [4.69, 9.17) is 0 Å². The van der Waals surface area contributed by atoms with E-state index in [9.17, 15) is 4.79 Å². The Bertz CT molecular complexity index is 418. The van der Waals surface area contributed by atoms with Crippen molar-refractivity contribution in [2.75, 3.05) is 0 Å². The third kappa shape index (κ3) is 1.09. The van der Waals surface area contributed by atoms with Crippen LogP contribution in [-0.2, 0) is 0 Å². The number of H-pyrrole nitrogens is 1. The highest BCUT2D eigenvalue weighted by atomic mass is 16.4. The molecule has 2 heterocycles. The summed E-state index contributed by atoms with van der Waals surface area (Å²) in [6, 6.07) is 3.32. The van der Waals surface area contributed by atoms with Crippen molar-refractivity contribution in [3.63, 3.8) is 0 Å². The van der Waals surface area contributed by atoms with Gasteiger partial charge in [-0.1, -0.05) is 0 Å². The zero-order valence-corrected chi connectivity index (χ0v) is 5.89. The Kier molecular flexibility index (Phi) is 1.44. The predicted octanol–water partition coefficient (Wildman–Crippen LogP) is -0.180. The number of aromatic amines is 1. The first-order chi connectivity index (χ1) is 5.86. The molecule has 0 aliphatic heterocycles. The summed E-state index contributed by atoms with van der Waals surface area (Å²) >= 11 is 0. The van der Waals surface area contributed by atoms with E-state index in [0.29, 0.717) is 5.69 Å². The van der Waals surface area contributed by atoms with Crippen LogP contribution in [0.3, 0.4) is 0 Å². The van der Waals surface area contributed by atoms with Crippen LogP contribution in [0.2, 0.25) is 0 Å². The van der Waals surface area contributed by atoms with Gasteiger partial charge in [-0.15, -0.1) is 10.2 Å². The molecule has 0 spiro atoms. The van der Waals surface area contributed by atoms with Gasteiger partial charge in [0.25, 0.3) is 5.89 Å². The van der Waals surface area contributed by atoms with Crippen LogP contribution in [0.4, 0.5) is 0 Å². The van der Waals surface area contributed by atoms with E-state index in [1.165, 1.54) is 6.20 Å². The molecule has 0 aromatic carbocycles. The highest BCUT2D eigenvalue weighted by Crippen LogP contribution is 2.07. The van der Waals surface area contributed by atoms with Crippen molar-refractivity contribution < 1.29 is 4.42 Å². The minimum atomic E-state index is -0.601. The molecule has 60 valence electrons. The minimum Gasteiger partial charge on any atom is -0.386 e. The van der Waals surface area contributed by atoms with Crippen LogP contribution in [0.1, 0.15) is 0 Å². The van der Waals surface area contributed by atoms with Gasteiger partial charge in [0.05, 0.1) is 0 Å². The summed E-state index contributed by atoms with van der Waals surface area (Å²) in [7, 11) is 0. The molecule has 0 aliphatic rings. The Morgan fingerprint density at radius 1 is 1.50 bits per heavy atom. The van der Waals surface area contributed by atoms with Gasteiger partial charge in [0.2, 0.25) is 0 Å². The van der Waals surface area contributed by atoms with Gasteiger partial charge in [-0.05, 0) is 12.1 Å². The number of nitrogens with zero attached hydrogens (tertiary/aromatic N) is 3. The van der Waals surface area contributed by atoms with E-state index in [-0.39, 0.29) is 5.89 Å². The smallest absolute Gasteiger partial charge is 0.386 e. The maximum Gasteiger partial charge on any atom is 0.434 e. The van der Waals surface area contributed by atoms with Crippen LogP contribution in [0.25, 0.3) is 11.6 Å². The topological polar surface area (TPSA) is 84.7 Å². The summed E-state index contributed by atoms with van der Waals surface area (Å²) in [5.74, 6) is -0.455. The Morgan fingerprint density at radius 2 is 2.42 bits per heavy atom. The zero-order valence-electron chi connectivity index (χ0n) is 5.89. The lowest BCUT2D eigenvalue weighted by Gasteiger charge is -1.87. The molecule has 0 bridgehead atoms. The van der Waals surface area contributed by atoms with Crippen molar-refractivity contribution in [3.05, 3.63) is 28.9 Å². The number of hydrogen-bond acceptors (Lipinski definition) is 5. The number of rotatable bonds is 1. The van der Waals surface area contributed by atoms with Crippen molar-refractivity contribution in [1.29, 1.82) is 0 Å². The first-order valence-electron chi connectivity index (χ1n) is 3.20. The molecular weight excluding hydrogens is 160 g/mol. The lowest BCUT2D eigenvalue weighted by Crippen LogP contribution is -1.93. The first-order valence-corrected chi connectivity index (χ1v) is 3.20. The number of aromatic nitrogens is 4. The molecule has 0 unspecified atom stereocenters. The Balaban J connectivity index is 2.51. The third-order valence-electron chi connectivity index (χ3n) is 1.23. The third-order valence-corrected chi connectivity index (χ3v) is 1.23. The van der Waals surface area contributed by atoms with Gasteiger partial charge in [0, 0.05) is 6.20 Å². The van der Waals surface area contributed by atoms with Gasteiger partial charge in [-0.3, -0.25) is 0 Å². The number of nitrogens with one attached hydrogen (secondary N) is 1. The molecule has 0 saturated carbocycles. The van der Waals surface area contributed by atoms with Crippen LogP contribution >= 0.6 is 0 Å². The first kappa shape index (κ1) is 6.71. The van der Waals surface area contributed by atoms with Crippen molar-refractivity contribution in [3.8, 4) is 11.6 Å². The standard InChI is InChI=1S/C6H4N4O2/c11-6-10-9-5(12-6)4-2-1-3-7-8-4/h1-3H,(H,10,11). The van der Waals surface area contributed by atoms with Gasteiger partial charge in [0.1, 0.15) is 5.69 Å². The molecule has 6 nitrogen and oxygen atoms in total. The molecule has 2 aromatic heterocycles. The molecule has 0 saturated heterocycles. The van der Waals surface area contributed by atoms with E-state index in [1.807, 2.05) is 0 Å². The van der Waals surface area contributed by atoms with Crippen LogP contribution in [0.15, 0.2) is 27.5 Å². The van der Waals surface area contributed by atoms with Crippen molar-refractivity contribution in [2.45, 2.75) is 0 Å². The summed E-state index contributed by atoms with van der Waals surface area (Å²) < 4.78 is 4.64. The normalized spacial score (nSPS) is 10.0. The second kappa shape index (κ2) is 2.57. The quantitative estimate of drug-likeness (QED) is 0.631. The molecular formula is C6H4N4O2. The molecule has 6 heteroatoms. The maximum absolute atomic E-state index is 10.5. The molecule has 0 fully saturated rings. The maximum atomic E-state index is 10.5. The fraction of sp³-hybridized carbons (Fsp3) is 0. The highest BCUT2D eigenvalue weighted by Gasteiger charge is 2.04. The molecule has 12 heavy (non-hydrogen) atoms. The van der Waals surface area contributed by atoms with Crippen molar-refractivity contribution >= 4 is 0 Å². The molecule has 0 aliphatic carbocycles. The Labute approximate surface area is 66.3 Å². The Morgan fingerprint density at radius 3 is 3.00 bits per heavy atom. The van der Waals surface area contributed by atoms with E-state index in [1.54, 1.807) is 12.1 Å². The van der Waals surface area contributed by atoms with Crippen molar-refractivity contribution in [2.24, 2.45) is 0 Å². The largest absolute Gasteiger partial charge is 0.434 e. The van der Waals surface area contributed by atoms with Crippen molar-refractivity contribution in [1.82, 2.24) is 20.4 Å². The zero-order chi connectivity index (χ0) is 8.39. The lowest BCUT2D eigenvalue weighted by atomic mass is 10.4. The van der Waals surface area contributed by atoms with Crippen LogP contribution in [0.5, 0.6) is 0 Å².